The molecule has 15 heavy (non-hydrogen) atoms. The highest BCUT2D eigenvalue weighted by Crippen LogP contribution is 2.00. The Bertz CT molecular complexity index is 324. The molecule has 84 valence electrons. The lowest BCUT2D eigenvalue weighted by atomic mass is 10.3. The van der Waals surface area contributed by atoms with Gasteiger partial charge in [0.05, 0.1) is 12.1 Å². The van der Waals surface area contributed by atoms with Gasteiger partial charge in [-0.3, -0.25) is 14.4 Å². The van der Waals surface area contributed by atoms with Gasteiger partial charge in [-0.25, -0.2) is 0 Å². The third-order valence-corrected chi connectivity index (χ3v) is 2.12. The van der Waals surface area contributed by atoms with Crippen molar-refractivity contribution in [2.45, 2.75) is 19.9 Å². The van der Waals surface area contributed by atoms with Crippen molar-refractivity contribution in [2.75, 3.05) is 13.1 Å². The number of rotatable bonds is 6. The van der Waals surface area contributed by atoms with E-state index in [4.69, 9.17) is 5.11 Å². The number of carboxylic acid groups (broad SMARTS) is 1. The van der Waals surface area contributed by atoms with E-state index in [2.05, 4.69) is 10.3 Å². The van der Waals surface area contributed by atoms with Crippen molar-refractivity contribution in [3.05, 3.63) is 11.9 Å². The molecule has 0 spiro atoms. The Morgan fingerprint density at radius 1 is 1.67 bits per heavy atom. The number of nitrogens with zero attached hydrogens (tertiary/aromatic N) is 4. The van der Waals surface area contributed by atoms with Gasteiger partial charge in [0.15, 0.2) is 0 Å². The van der Waals surface area contributed by atoms with Gasteiger partial charge in [-0.1, -0.05) is 12.1 Å². The van der Waals surface area contributed by atoms with Gasteiger partial charge in [0.1, 0.15) is 0 Å². The summed E-state index contributed by atoms with van der Waals surface area (Å²) in [6.45, 7) is 4.00. The van der Waals surface area contributed by atoms with Crippen LogP contribution in [0.25, 0.3) is 0 Å². The van der Waals surface area contributed by atoms with Crippen LogP contribution in [0, 0.1) is 0 Å². The fourth-order valence-electron chi connectivity index (χ4n) is 1.30. The zero-order valence-electron chi connectivity index (χ0n) is 9.05. The molecule has 1 rings (SSSR count). The summed E-state index contributed by atoms with van der Waals surface area (Å²) in [5.41, 5.74) is 0.865. The van der Waals surface area contributed by atoms with Gasteiger partial charge < -0.3 is 5.11 Å². The molecule has 1 N–H and O–H groups in total. The first-order chi connectivity index (χ1) is 7.11. The molecule has 0 saturated carbocycles. The van der Waals surface area contributed by atoms with Crippen molar-refractivity contribution in [1.29, 1.82) is 0 Å². The fourth-order valence-corrected chi connectivity index (χ4v) is 1.30. The Morgan fingerprint density at radius 3 is 2.87 bits per heavy atom. The Morgan fingerprint density at radius 2 is 2.40 bits per heavy atom. The maximum atomic E-state index is 10.4. The Balaban J connectivity index is 2.42. The van der Waals surface area contributed by atoms with Crippen LogP contribution < -0.4 is 0 Å². The monoisotopic (exact) mass is 212 g/mol. The molecule has 0 amide bonds. The molecular weight excluding hydrogens is 196 g/mol. The van der Waals surface area contributed by atoms with Crippen molar-refractivity contribution in [3.63, 3.8) is 0 Å². The van der Waals surface area contributed by atoms with Crippen LogP contribution in [0.15, 0.2) is 6.20 Å². The van der Waals surface area contributed by atoms with Crippen molar-refractivity contribution in [1.82, 2.24) is 19.9 Å². The van der Waals surface area contributed by atoms with Gasteiger partial charge in [0.2, 0.25) is 0 Å². The van der Waals surface area contributed by atoms with Crippen molar-refractivity contribution >= 4 is 5.97 Å². The molecule has 0 radical (unpaired) electrons. The summed E-state index contributed by atoms with van der Waals surface area (Å²) in [6.07, 6.45) is 2.00. The Hall–Kier alpha value is -1.43. The topological polar surface area (TPSA) is 71.2 Å². The highest BCUT2D eigenvalue weighted by molar-refractivity contribution is 5.66. The molecule has 0 atom stereocenters. The first kappa shape index (κ1) is 11.6. The maximum Gasteiger partial charge on any atom is 0.304 e. The normalized spacial score (nSPS) is 10.9. The molecule has 1 aromatic rings. The molecule has 0 aliphatic carbocycles. The van der Waals surface area contributed by atoms with Gasteiger partial charge in [-0.2, -0.15) is 0 Å². The summed E-state index contributed by atoms with van der Waals surface area (Å²) < 4.78 is 1.64. The van der Waals surface area contributed by atoms with Gasteiger partial charge >= 0.3 is 5.97 Å². The fraction of sp³-hybridized carbons (Fsp3) is 0.667. The van der Waals surface area contributed by atoms with E-state index in [1.165, 1.54) is 0 Å². The largest absolute Gasteiger partial charge is 0.481 e. The third-order valence-electron chi connectivity index (χ3n) is 2.12. The van der Waals surface area contributed by atoms with Crippen LogP contribution in [0.3, 0.4) is 0 Å². The number of carbonyl (C=O) groups is 1. The SMILES string of the molecule is CCN(CCC(=O)O)Cc1cn(C)nn1. The minimum atomic E-state index is -0.771. The molecular formula is C9H16N4O2. The molecule has 6 nitrogen and oxygen atoms in total. The predicted molar refractivity (Wildman–Crippen MR) is 54.2 cm³/mol. The zero-order chi connectivity index (χ0) is 11.3. The summed E-state index contributed by atoms with van der Waals surface area (Å²) in [7, 11) is 1.81. The molecule has 0 aromatic carbocycles. The molecule has 0 aliphatic heterocycles. The van der Waals surface area contributed by atoms with Crippen molar-refractivity contribution in [3.8, 4) is 0 Å². The van der Waals surface area contributed by atoms with Crippen LogP contribution in [0.4, 0.5) is 0 Å². The molecule has 0 unspecified atom stereocenters. The molecule has 0 aliphatic rings. The Kier molecular flexibility index (Phi) is 4.23. The first-order valence-corrected chi connectivity index (χ1v) is 4.91. The summed E-state index contributed by atoms with van der Waals surface area (Å²) in [4.78, 5) is 12.4. The van der Waals surface area contributed by atoms with E-state index >= 15 is 0 Å². The average Bonchev–Trinajstić information content (AvgIpc) is 2.58. The average molecular weight is 212 g/mol. The second-order valence-corrected chi connectivity index (χ2v) is 3.40. The summed E-state index contributed by atoms with van der Waals surface area (Å²) in [5.74, 6) is -0.771. The van der Waals surface area contributed by atoms with Crippen LogP contribution in [-0.2, 0) is 18.4 Å². The lowest BCUT2D eigenvalue weighted by Crippen LogP contribution is -2.25. The number of aromatic nitrogens is 3. The third kappa shape index (κ3) is 4.07. The quantitative estimate of drug-likeness (QED) is 0.724. The standard InChI is InChI=1S/C9H16N4O2/c1-3-13(5-4-9(14)15)7-8-6-12(2)11-10-8/h6H,3-5,7H2,1-2H3,(H,14,15). The summed E-state index contributed by atoms with van der Waals surface area (Å²) in [5, 5.41) is 16.3. The van der Waals surface area contributed by atoms with Crippen LogP contribution >= 0.6 is 0 Å². The van der Waals surface area contributed by atoms with Gasteiger partial charge in [0.25, 0.3) is 0 Å². The van der Waals surface area contributed by atoms with E-state index in [1.54, 1.807) is 4.68 Å². The smallest absolute Gasteiger partial charge is 0.304 e. The minimum Gasteiger partial charge on any atom is -0.481 e. The molecule has 1 heterocycles. The van der Waals surface area contributed by atoms with E-state index in [0.717, 1.165) is 12.2 Å². The maximum absolute atomic E-state index is 10.4. The molecule has 1 aromatic heterocycles. The van der Waals surface area contributed by atoms with E-state index in [1.807, 2.05) is 25.1 Å². The van der Waals surface area contributed by atoms with Crippen LogP contribution in [-0.4, -0.2) is 44.1 Å². The van der Waals surface area contributed by atoms with Gasteiger partial charge in [-0.05, 0) is 6.54 Å². The Labute approximate surface area is 88.5 Å². The van der Waals surface area contributed by atoms with Gasteiger partial charge in [0, 0.05) is 26.3 Å². The number of carboxylic acids is 1. The highest BCUT2D eigenvalue weighted by Gasteiger charge is 2.08. The van der Waals surface area contributed by atoms with Gasteiger partial charge in [-0.15, -0.1) is 5.10 Å². The minimum absolute atomic E-state index is 0.161. The number of hydrogen-bond acceptors (Lipinski definition) is 4. The lowest BCUT2D eigenvalue weighted by molar-refractivity contribution is -0.137. The van der Waals surface area contributed by atoms with E-state index in [9.17, 15) is 4.79 Å². The van der Waals surface area contributed by atoms with E-state index in [-0.39, 0.29) is 6.42 Å². The van der Waals surface area contributed by atoms with E-state index in [0.29, 0.717) is 13.1 Å². The van der Waals surface area contributed by atoms with Crippen LogP contribution in [0.1, 0.15) is 19.0 Å². The molecule has 0 saturated heterocycles. The molecule has 6 heteroatoms. The summed E-state index contributed by atoms with van der Waals surface area (Å²) in [6, 6.07) is 0. The second kappa shape index (κ2) is 5.45. The molecule has 0 bridgehead atoms. The predicted octanol–water partition coefficient (Wildman–Crippen LogP) is 0.112. The van der Waals surface area contributed by atoms with E-state index < -0.39 is 5.97 Å². The number of hydrogen-bond donors (Lipinski definition) is 1. The second-order valence-electron chi connectivity index (χ2n) is 3.40. The van der Waals surface area contributed by atoms with Crippen molar-refractivity contribution in [2.24, 2.45) is 7.05 Å². The van der Waals surface area contributed by atoms with Crippen molar-refractivity contribution < 1.29 is 9.90 Å². The lowest BCUT2D eigenvalue weighted by Gasteiger charge is -2.17. The zero-order valence-corrected chi connectivity index (χ0v) is 9.05. The number of aliphatic carboxylic acids is 1. The summed E-state index contributed by atoms with van der Waals surface area (Å²) >= 11 is 0. The first-order valence-electron chi connectivity index (χ1n) is 4.91. The number of aryl methyl sites for hydroxylation is 1. The highest BCUT2D eigenvalue weighted by atomic mass is 16.4. The van der Waals surface area contributed by atoms with Crippen LogP contribution in [0.5, 0.6) is 0 Å². The van der Waals surface area contributed by atoms with Crippen LogP contribution in [0.2, 0.25) is 0 Å². The molecule has 0 fully saturated rings.